The predicted octanol–water partition coefficient (Wildman–Crippen LogP) is 0.475. The van der Waals surface area contributed by atoms with E-state index in [1.54, 1.807) is 6.07 Å². The normalized spacial score (nSPS) is 9.62. The summed E-state index contributed by atoms with van der Waals surface area (Å²) in [7, 11) is 0. The fourth-order valence-electron chi connectivity index (χ4n) is 0.503. The van der Waals surface area contributed by atoms with Crippen molar-refractivity contribution >= 4 is 0 Å². The van der Waals surface area contributed by atoms with Crippen LogP contribution in [0.1, 0.15) is 12.7 Å². The van der Waals surface area contributed by atoms with E-state index < -0.39 is 0 Å². The fourth-order valence-corrected chi connectivity index (χ4v) is 0.503. The minimum absolute atomic E-state index is 0.443. The Morgan fingerprint density at radius 1 is 1.88 bits per heavy atom. The Hall–Kier alpha value is -0.990. The summed E-state index contributed by atoms with van der Waals surface area (Å²) < 4.78 is 4.59. The summed E-state index contributed by atoms with van der Waals surface area (Å²) in [5.41, 5.74) is 0. The molecule has 0 amide bonds. The zero-order valence-corrected chi connectivity index (χ0v) is 4.63. The monoisotopic (exact) mass is 113 g/mol. The maximum Gasteiger partial charge on any atom is 0.234 e. The molecule has 0 aliphatic rings. The third-order valence-corrected chi connectivity index (χ3v) is 0.938. The van der Waals surface area contributed by atoms with E-state index >= 15 is 0 Å². The van der Waals surface area contributed by atoms with Crippen molar-refractivity contribution in [2.75, 3.05) is 0 Å². The molecule has 0 saturated carbocycles. The van der Waals surface area contributed by atoms with Gasteiger partial charge in [-0.3, -0.25) is 5.21 Å². The number of hydrogen-bond acceptors (Lipinski definition) is 2. The van der Waals surface area contributed by atoms with Crippen LogP contribution in [0, 0.1) is 5.21 Å². The van der Waals surface area contributed by atoms with Gasteiger partial charge in [-0.2, -0.15) is 0 Å². The molecule has 1 heterocycles. The van der Waals surface area contributed by atoms with Crippen molar-refractivity contribution in [3.63, 3.8) is 0 Å². The third kappa shape index (κ3) is 0.804. The average Bonchev–Trinajstić information content (AvgIpc) is 2.14. The van der Waals surface area contributed by atoms with Gasteiger partial charge < -0.3 is 4.52 Å². The molecule has 0 aromatic carbocycles. The van der Waals surface area contributed by atoms with Crippen molar-refractivity contribution in [3.8, 4) is 0 Å². The lowest BCUT2D eigenvalue weighted by Crippen LogP contribution is -2.20. The van der Waals surface area contributed by atoms with E-state index in [-0.39, 0.29) is 0 Å². The Bertz CT molecular complexity index is 171. The van der Waals surface area contributed by atoms with Crippen molar-refractivity contribution in [1.29, 1.82) is 0 Å². The van der Waals surface area contributed by atoms with E-state index in [0.717, 1.165) is 12.2 Å². The van der Waals surface area contributed by atoms with Gasteiger partial charge in [0.1, 0.15) is 0 Å². The topological polar surface area (TPSA) is 40.1 Å². The first-order valence-corrected chi connectivity index (χ1v) is 2.51. The lowest BCUT2D eigenvalue weighted by atomic mass is 10.4. The molecule has 0 spiro atoms. The molecule has 0 radical (unpaired) electrons. The van der Waals surface area contributed by atoms with Gasteiger partial charge in [-0.25, -0.2) is 0 Å². The quantitative estimate of drug-likeness (QED) is 0.497. The molecule has 0 fully saturated rings. The molecule has 1 aromatic heterocycles. The van der Waals surface area contributed by atoms with Crippen LogP contribution in [-0.4, -0.2) is 0 Å². The first kappa shape index (κ1) is 5.15. The molecule has 0 aliphatic carbocycles. The van der Waals surface area contributed by atoms with Crippen LogP contribution in [0.3, 0.4) is 0 Å². The third-order valence-electron chi connectivity index (χ3n) is 0.938. The van der Waals surface area contributed by atoms with Crippen LogP contribution in [0.2, 0.25) is 0 Å². The number of rotatable bonds is 1. The van der Waals surface area contributed by atoms with E-state index in [1.807, 2.05) is 6.92 Å². The smallest absolute Gasteiger partial charge is 0.234 e. The molecule has 0 N–H and O–H groups in total. The number of hydrogen-bond donors (Lipinski definition) is 0. The lowest BCUT2D eigenvalue weighted by Gasteiger charge is -1.83. The molecule has 0 aliphatic heterocycles. The summed E-state index contributed by atoms with van der Waals surface area (Å²) in [5.74, 6) is 0.722. The average molecular weight is 113 g/mol. The number of aryl methyl sites for hydroxylation is 1. The zero-order valence-electron chi connectivity index (χ0n) is 4.63. The van der Waals surface area contributed by atoms with Crippen LogP contribution in [0.4, 0.5) is 0 Å². The van der Waals surface area contributed by atoms with E-state index in [0.29, 0.717) is 4.90 Å². The Morgan fingerprint density at radius 2 is 2.62 bits per heavy atom. The summed E-state index contributed by atoms with van der Waals surface area (Å²) in [6, 6.07) is 1.66. The summed E-state index contributed by atoms with van der Waals surface area (Å²) >= 11 is 0. The van der Waals surface area contributed by atoms with Gasteiger partial charge in [-0.15, -0.1) is 0 Å². The van der Waals surface area contributed by atoms with Gasteiger partial charge in [0.2, 0.25) is 6.20 Å². The molecule has 1 aromatic rings. The van der Waals surface area contributed by atoms with Crippen LogP contribution in [0.5, 0.6) is 0 Å². The van der Waals surface area contributed by atoms with Crippen molar-refractivity contribution in [2.24, 2.45) is 0 Å². The molecule has 1 rings (SSSR count). The molecule has 0 saturated heterocycles. The molecule has 44 valence electrons. The molecule has 0 unspecified atom stereocenters. The van der Waals surface area contributed by atoms with Gasteiger partial charge in [-0.05, 0) is 6.42 Å². The van der Waals surface area contributed by atoms with Gasteiger partial charge in [0, 0.05) is 11.0 Å². The van der Waals surface area contributed by atoms with E-state index in [4.69, 9.17) is 0 Å². The van der Waals surface area contributed by atoms with Gasteiger partial charge in [0.25, 0.3) is 0 Å². The maximum atomic E-state index is 10.2. The fraction of sp³-hybridized carbons (Fsp3) is 0.400. The standard InChI is InChI=1S/C5H7NO2/c1-2-5-3-4-6(7)8-5/h3-4H,2H2,1H3. The van der Waals surface area contributed by atoms with Crippen molar-refractivity contribution in [2.45, 2.75) is 13.3 Å². The number of nitrogens with zero attached hydrogens (tertiary/aromatic N) is 1. The summed E-state index contributed by atoms with van der Waals surface area (Å²) in [5, 5.41) is 10.2. The van der Waals surface area contributed by atoms with Crippen LogP contribution in [0.15, 0.2) is 16.8 Å². The largest absolute Gasteiger partial charge is 0.372 e. The van der Waals surface area contributed by atoms with Gasteiger partial charge >= 0.3 is 0 Å². The second-order valence-electron chi connectivity index (χ2n) is 1.51. The maximum absolute atomic E-state index is 10.2. The second-order valence-corrected chi connectivity index (χ2v) is 1.51. The van der Waals surface area contributed by atoms with Crippen LogP contribution in [0.25, 0.3) is 0 Å². The highest BCUT2D eigenvalue weighted by molar-refractivity contribution is 4.88. The van der Waals surface area contributed by atoms with Crippen molar-refractivity contribution < 1.29 is 9.43 Å². The van der Waals surface area contributed by atoms with Crippen LogP contribution in [-0.2, 0) is 6.42 Å². The molecule has 8 heavy (non-hydrogen) atoms. The molecule has 3 heteroatoms. The van der Waals surface area contributed by atoms with E-state index in [9.17, 15) is 5.21 Å². The highest BCUT2D eigenvalue weighted by Crippen LogP contribution is 1.93. The van der Waals surface area contributed by atoms with Gasteiger partial charge in [0.15, 0.2) is 0 Å². The molecule has 3 nitrogen and oxygen atoms in total. The summed E-state index contributed by atoms with van der Waals surface area (Å²) in [4.78, 5) is 0.443. The lowest BCUT2D eigenvalue weighted by molar-refractivity contribution is -0.793. The Morgan fingerprint density at radius 3 is 2.88 bits per heavy atom. The second kappa shape index (κ2) is 1.86. The van der Waals surface area contributed by atoms with Crippen molar-refractivity contribution in [1.82, 2.24) is 0 Å². The van der Waals surface area contributed by atoms with Crippen molar-refractivity contribution in [3.05, 3.63) is 23.2 Å². The minimum atomic E-state index is 0.443. The zero-order chi connectivity index (χ0) is 5.98. The first-order chi connectivity index (χ1) is 3.83. The molecular weight excluding hydrogens is 106 g/mol. The Labute approximate surface area is 47.1 Å². The highest BCUT2D eigenvalue weighted by atomic mass is 16.7. The van der Waals surface area contributed by atoms with E-state index in [2.05, 4.69) is 4.52 Å². The number of aromatic nitrogens is 1. The Kier molecular flexibility index (Phi) is 1.20. The Balaban J connectivity index is 2.84. The molecule has 0 bridgehead atoms. The highest BCUT2D eigenvalue weighted by Gasteiger charge is 1.92. The minimum Gasteiger partial charge on any atom is -0.372 e. The summed E-state index contributed by atoms with van der Waals surface area (Å²) in [6.45, 7) is 1.93. The first-order valence-electron chi connectivity index (χ1n) is 2.51. The van der Waals surface area contributed by atoms with Gasteiger partial charge in [-0.1, -0.05) is 6.92 Å². The summed E-state index contributed by atoms with van der Waals surface area (Å²) in [6.07, 6.45) is 2.12. The van der Waals surface area contributed by atoms with Crippen LogP contribution >= 0.6 is 0 Å². The SMILES string of the molecule is CCc1cc[n+]([O-])o1. The van der Waals surface area contributed by atoms with Crippen LogP contribution < -0.4 is 4.90 Å². The predicted molar refractivity (Wildman–Crippen MR) is 27.0 cm³/mol. The molecule has 0 atom stereocenters. The van der Waals surface area contributed by atoms with Gasteiger partial charge in [0.05, 0.1) is 5.76 Å². The molecular formula is C5H7NO2. The van der Waals surface area contributed by atoms with E-state index in [1.165, 1.54) is 6.20 Å².